The van der Waals surface area contributed by atoms with Gasteiger partial charge in [-0.3, -0.25) is 4.72 Å². The second kappa shape index (κ2) is 5.54. The van der Waals surface area contributed by atoms with Gasteiger partial charge in [-0.25, -0.2) is 12.8 Å². The number of nitrogens with two attached hydrogens (primary N) is 1. The molecule has 0 unspecified atom stereocenters. The van der Waals surface area contributed by atoms with Crippen molar-refractivity contribution in [1.29, 1.82) is 0 Å². The normalized spacial score (nSPS) is 11.4. The van der Waals surface area contributed by atoms with Gasteiger partial charge in [0.05, 0.1) is 5.69 Å². The van der Waals surface area contributed by atoms with E-state index in [0.29, 0.717) is 16.3 Å². The van der Waals surface area contributed by atoms with Gasteiger partial charge in [0.1, 0.15) is 10.7 Å². The predicted molar refractivity (Wildman–Crippen MR) is 82.5 cm³/mol. The van der Waals surface area contributed by atoms with E-state index >= 15 is 0 Å². The lowest BCUT2D eigenvalue weighted by molar-refractivity contribution is 0.565. The molecule has 2 aromatic carbocycles. The Morgan fingerprint density at radius 2 is 1.90 bits per heavy atom. The van der Waals surface area contributed by atoms with Crippen molar-refractivity contribution in [3.8, 4) is 0 Å². The van der Waals surface area contributed by atoms with Gasteiger partial charge in [0.2, 0.25) is 0 Å². The van der Waals surface area contributed by atoms with Crippen molar-refractivity contribution in [2.75, 3.05) is 10.5 Å². The molecule has 0 aliphatic heterocycles. The summed E-state index contributed by atoms with van der Waals surface area (Å²) in [6.07, 6.45) is 0. The zero-order chi connectivity index (χ0) is 15.8. The standard InChI is InChI=1S/C14H14ClFN2O2S/c1-8-6-10(17)7-13(14(8)16)21(19,20)18-12-5-3-4-11(15)9(12)2/h3-7,18H,17H2,1-2H3. The van der Waals surface area contributed by atoms with Crippen LogP contribution in [0.2, 0.25) is 5.02 Å². The predicted octanol–water partition coefficient (Wildman–Crippen LogP) is 3.48. The molecule has 0 radical (unpaired) electrons. The van der Waals surface area contributed by atoms with E-state index in [2.05, 4.69) is 4.72 Å². The van der Waals surface area contributed by atoms with Gasteiger partial charge in [0.25, 0.3) is 10.0 Å². The third kappa shape index (κ3) is 3.11. The van der Waals surface area contributed by atoms with Crippen molar-refractivity contribution in [1.82, 2.24) is 0 Å². The van der Waals surface area contributed by atoms with Crippen LogP contribution in [0.3, 0.4) is 0 Å². The molecule has 112 valence electrons. The van der Waals surface area contributed by atoms with Crippen LogP contribution in [0, 0.1) is 19.7 Å². The average Bonchev–Trinajstić information content (AvgIpc) is 2.39. The minimum atomic E-state index is -4.09. The van der Waals surface area contributed by atoms with Gasteiger partial charge in [-0.05, 0) is 49.2 Å². The van der Waals surface area contributed by atoms with Crippen molar-refractivity contribution in [3.05, 3.63) is 52.3 Å². The molecule has 3 N–H and O–H groups in total. The van der Waals surface area contributed by atoms with Crippen molar-refractivity contribution in [3.63, 3.8) is 0 Å². The highest BCUT2D eigenvalue weighted by Gasteiger charge is 2.22. The molecule has 0 atom stereocenters. The Balaban J connectivity index is 2.51. The second-order valence-electron chi connectivity index (χ2n) is 4.67. The zero-order valence-corrected chi connectivity index (χ0v) is 13.0. The Labute approximate surface area is 127 Å². The molecule has 0 spiro atoms. The fourth-order valence-corrected chi connectivity index (χ4v) is 3.36. The number of halogens is 2. The second-order valence-corrected chi connectivity index (χ2v) is 6.73. The van der Waals surface area contributed by atoms with Crippen molar-refractivity contribution < 1.29 is 12.8 Å². The van der Waals surface area contributed by atoms with E-state index < -0.39 is 20.7 Å². The van der Waals surface area contributed by atoms with E-state index in [1.807, 2.05) is 0 Å². The Hall–Kier alpha value is -1.79. The third-order valence-electron chi connectivity index (χ3n) is 3.05. The molecular weight excluding hydrogens is 315 g/mol. The van der Waals surface area contributed by atoms with Gasteiger partial charge in [0, 0.05) is 10.7 Å². The van der Waals surface area contributed by atoms with Crippen LogP contribution in [-0.2, 0) is 10.0 Å². The molecule has 0 aliphatic rings. The van der Waals surface area contributed by atoms with Crippen LogP contribution in [-0.4, -0.2) is 8.42 Å². The molecule has 0 saturated heterocycles. The highest BCUT2D eigenvalue weighted by molar-refractivity contribution is 7.92. The third-order valence-corrected chi connectivity index (χ3v) is 4.82. The number of nitrogen functional groups attached to an aromatic ring is 1. The summed E-state index contributed by atoms with van der Waals surface area (Å²) in [4.78, 5) is -0.487. The summed E-state index contributed by atoms with van der Waals surface area (Å²) in [6.45, 7) is 3.12. The molecule has 0 heterocycles. The summed E-state index contributed by atoms with van der Waals surface area (Å²) in [7, 11) is -4.09. The van der Waals surface area contributed by atoms with E-state index in [0.717, 1.165) is 6.07 Å². The number of nitrogens with one attached hydrogen (secondary N) is 1. The van der Waals surface area contributed by atoms with Gasteiger partial charge in [-0.1, -0.05) is 17.7 Å². The minimum absolute atomic E-state index is 0.165. The van der Waals surface area contributed by atoms with E-state index in [1.165, 1.54) is 13.0 Å². The Bertz CT molecular complexity index is 807. The molecule has 7 heteroatoms. The average molecular weight is 329 g/mol. The molecule has 21 heavy (non-hydrogen) atoms. The molecule has 0 aliphatic carbocycles. The number of hydrogen-bond acceptors (Lipinski definition) is 3. The Kier molecular flexibility index (Phi) is 4.11. The van der Waals surface area contributed by atoms with Crippen LogP contribution >= 0.6 is 11.6 Å². The van der Waals surface area contributed by atoms with Crippen LogP contribution in [0.25, 0.3) is 0 Å². The monoisotopic (exact) mass is 328 g/mol. The minimum Gasteiger partial charge on any atom is -0.399 e. The Morgan fingerprint density at radius 3 is 2.57 bits per heavy atom. The molecule has 0 amide bonds. The molecule has 4 nitrogen and oxygen atoms in total. The maximum atomic E-state index is 14.1. The van der Waals surface area contributed by atoms with E-state index in [4.69, 9.17) is 17.3 Å². The fraction of sp³-hybridized carbons (Fsp3) is 0.143. The molecule has 2 aromatic rings. The van der Waals surface area contributed by atoms with Crippen LogP contribution < -0.4 is 10.5 Å². The van der Waals surface area contributed by atoms with Crippen LogP contribution in [0.4, 0.5) is 15.8 Å². The van der Waals surface area contributed by atoms with E-state index in [1.54, 1.807) is 25.1 Å². The number of hydrogen-bond donors (Lipinski definition) is 2. The number of rotatable bonds is 3. The number of anilines is 2. The summed E-state index contributed by atoms with van der Waals surface area (Å²) in [5.74, 6) is -0.823. The highest BCUT2D eigenvalue weighted by atomic mass is 35.5. The smallest absolute Gasteiger partial charge is 0.264 e. The number of sulfonamides is 1. The first-order chi connectivity index (χ1) is 9.72. The van der Waals surface area contributed by atoms with Gasteiger partial charge in [-0.15, -0.1) is 0 Å². The number of benzene rings is 2. The lowest BCUT2D eigenvalue weighted by atomic mass is 10.2. The van der Waals surface area contributed by atoms with Gasteiger partial charge in [0.15, 0.2) is 0 Å². The molecular formula is C14H14ClFN2O2S. The summed E-state index contributed by atoms with van der Waals surface area (Å²) < 4.78 is 41.1. The summed E-state index contributed by atoms with van der Waals surface area (Å²) in [5, 5.41) is 0.416. The maximum Gasteiger partial charge on any atom is 0.264 e. The molecule has 2 rings (SSSR count). The molecule has 0 aromatic heterocycles. The van der Waals surface area contributed by atoms with Crippen LogP contribution in [0.1, 0.15) is 11.1 Å². The fourth-order valence-electron chi connectivity index (χ4n) is 1.88. The summed E-state index contributed by atoms with van der Waals surface area (Å²) >= 11 is 5.94. The van der Waals surface area contributed by atoms with Crippen molar-refractivity contribution in [2.45, 2.75) is 18.7 Å². The number of aryl methyl sites for hydroxylation is 1. The first-order valence-electron chi connectivity index (χ1n) is 6.06. The van der Waals surface area contributed by atoms with Gasteiger partial charge in [-0.2, -0.15) is 0 Å². The first kappa shape index (κ1) is 15.6. The topological polar surface area (TPSA) is 72.2 Å². The largest absolute Gasteiger partial charge is 0.399 e. The maximum absolute atomic E-state index is 14.1. The zero-order valence-electron chi connectivity index (χ0n) is 11.4. The van der Waals surface area contributed by atoms with Gasteiger partial charge >= 0.3 is 0 Å². The molecule has 0 saturated carbocycles. The molecule has 0 fully saturated rings. The first-order valence-corrected chi connectivity index (χ1v) is 7.92. The summed E-state index contributed by atoms with van der Waals surface area (Å²) in [5.41, 5.74) is 6.79. The highest BCUT2D eigenvalue weighted by Crippen LogP contribution is 2.27. The lowest BCUT2D eigenvalue weighted by Crippen LogP contribution is -2.16. The Morgan fingerprint density at radius 1 is 1.24 bits per heavy atom. The quantitative estimate of drug-likeness (QED) is 0.847. The van der Waals surface area contributed by atoms with Crippen molar-refractivity contribution in [2.24, 2.45) is 0 Å². The van der Waals surface area contributed by atoms with Crippen LogP contribution in [0.15, 0.2) is 35.2 Å². The van der Waals surface area contributed by atoms with E-state index in [9.17, 15) is 12.8 Å². The van der Waals surface area contributed by atoms with Crippen molar-refractivity contribution >= 4 is 33.0 Å². The van der Waals surface area contributed by atoms with Gasteiger partial charge < -0.3 is 5.73 Å². The van der Waals surface area contributed by atoms with Crippen LogP contribution in [0.5, 0.6) is 0 Å². The molecule has 0 bridgehead atoms. The summed E-state index contributed by atoms with van der Waals surface area (Å²) in [6, 6.07) is 7.26. The lowest BCUT2D eigenvalue weighted by Gasteiger charge is -2.13. The SMILES string of the molecule is Cc1cc(N)cc(S(=O)(=O)Nc2cccc(Cl)c2C)c1F. The van der Waals surface area contributed by atoms with E-state index in [-0.39, 0.29) is 11.3 Å².